The van der Waals surface area contributed by atoms with Gasteiger partial charge >= 0.3 is 0 Å². The number of nitrogens with one attached hydrogen (secondary N) is 1. The van der Waals surface area contributed by atoms with Crippen molar-refractivity contribution in [3.8, 4) is 5.69 Å². The summed E-state index contributed by atoms with van der Waals surface area (Å²) >= 11 is 12.3. The Morgan fingerprint density at radius 3 is 2.34 bits per heavy atom. The fraction of sp³-hybridized carbons (Fsp3) is 0.241. The van der Waals surface area contributed by atoms with Crippen LogP contribution in [0.4, 0.5) is 5.69 Å². The fourth-order valence-corrected chi connectivity index (χ4v) is 5.83. The standard InChI is InChI=1S/C29H29ClN4S/c1-17-12-18(2)14-23(13-17)34-28(27(32-29(34)35)25-8-6-7-11-31-25)24-15-20(4)33(21(24)5)26-16-22(30)10-9-19(26)3/h6-16,27-28H,1-5H3,(H,32,35)/t27-,28-/m0/s1. The molecule has 178 valence electrons. The lowest BCUT2D eigenvalue weighted by atomic mass is 9.96. The van der Waals surface area contributed by atoms with Gasteiger partial charge in [0, 0.05) is 34.0 Å². The minimum atomic E-state index is -0.0843. The Kier molecular flexibility index (Phi) is 6.16. The molecule has 4 aromatic rings. The van der Waals surface area contributed by atoms with Gasteiger partial charge in [0.1, 0.15) is 0 Å². The Hall–Kier alpha value is -3.15. The molecule has 0 saturated carbocycles. The molecule has 2 aromatic carbocycles. The average molecular weight is 501 g/mol. The smallest absolute Gasteiger partial charge is 0.174 e. The van der Waals surface area contributed by atoms with E-state index in [1.165, 1.54) is 27.9 Å². The molecule has 2 aromatic heterocycles. The van der Waals surface area contributed by atoms with Crippen LogP contribution in [-0.2, 0) is 0 Å². The van der Waals surface area contributed by atoms with Crippen LogP contribution >= 0.6 is 23.8 Å². The number of rotatable bonds is 4. The van der Waals surface area contributed by atoms with Crippen molar-refractivity contribution in [3.05, 3.63) is 111 Å². The molecular weight excluding hydrogens is 472 g/mol. The Morgan fingerprint density at radius 2 is 1.66 bits per heavy atom. The van der Waals surface area contributed by atoms with Crippen LogP contribution in [0.15, 0.2) is 66.9 Å². The minimum absolute atomic E-state index is 0.0574. The van der Waals surface area contributed by atoms with Crippen LogP contribution in [-0.4, -0.2) is 14.7 Å². The van der Waals surface area contributed by atoms with E-state index in [4.69, 9.17) is 28.8 Å². The summed E-state index contributed by atoms with van der Waals surface area (Å²) in [6.45, 7) is 10.7. The van der Waals surface area contributed by atoms with E-state index < -0.39 is 0 Å². The van der Waals surface area contributed by atoms with E-state index in [1.807, 2.05) is 30.5 Å². The van der Waals surface area contributed by atoms with Gasteiger partial charge < -0.3 is 14.8 Å². The number of hydrogen-bond donors (Lipinski definition) is 1. The van der Waals surface area contributed by atoms with E-state index in [2.05, 4.69) is 85.8 Å². The molecule has 5 rings (SSSR count). The maximum Gasteiger partial charge on any atom is 0.174 e. The van der Waals surface area contributed by atoms with Crippen molar-refractivity contribution in [1.82, 2.24) is 14.9 Å². The zero-order valence-corrected chi connectivity index (χ0v) is 22.2. The van der Waals surface area contributed by atoms with Crippen LogP contribution in [0.1, 0.15) is 51.4 Å². The lowest BCUT2D eigenvalue weighted by Crippen LogP contribution is -2.29. The van der Waals surface area contributed by atoms with Crippen molar-refractivity contribution >= 4 is 34.6 Å². The van der Waals surface area contributed by atoms with Crippen LogP contribution in [0, 0.1) is 34.6 Å². The molecule has 0 unspecified atom stereocenters. The molecule has 1 saturated heterocycles. The van der Waals surface area contributed by atoms with Crippen LogP contribution in [0.25, 0.3) is 5.69 Å². The molecule has 4 nitrogen and oxygen atoms in total. The van der Waals surface area contributed by atoms with Crippen LogP contribution < -0.4 is 10.2 Å². The van der Waals surface area contributed by atoms with Gasteiger partial charge in [-0.25, -0.2) is 0 Å². The number of aryl methyl sites for hydroxylation is 4. The quantitative estimate of drug-likeness (QED) is 0.299. The third-order valence-electron chi connectivity index (χ3n) is 6.78. The lowest BCUT2D eigenvalue weighted by Gasteiger charge is -2.29. The summed E-state index contributed by atoms with van der Waals surface area (Å²) in [6, 6.07) is 20.8. The van der Waals surface area contributed by atoms with Gasteiger partial charge in [-0.15, -0.1) is 0 Å². The fourth-order valence-electron chi connectivity index (χ4n) is 5.32. The third kappa shape index (κ3) is 4.24. The molecule has 6 heteroatoms. The van der Waals surface area contributed by atoms with Crippen molar-refractivity contribution in [2.75, 3.05) is 4.90 Å². The number of benzene rings is 2. The monoisotopic (exact) mass is 500 g/mol. The van der Waals surface area contributed by atoms with Crippen molar-refractivity contribution in [2.24, 2.45) is 0 Å². The molecule has 35 heavy (non-hydrogen) atoms. The first-order chi connectivity index (χ1) is 16.7. The Balaban J connectivity index is 1.72. The van der Waals surface area contributed by atoms with Gasteiger partial charge in [0.2, 0.25) is 0 Å². The zero-order valence-electron chi connectivity index (χ0n) is 20.6. The normalized spacial score (nSPS) is 17.7. The average Bonchev–Trinajstić information content (AvgIpc) is 3.30. The van der Waals surface area contributed by atoms with Gasteiger partial charge in [-0.1, -0.05) is 29.8 Å². The number of nitrogens with zero attached hydrogens (tertiary/aromatic N) is 3. The minimum Gasteiger partial charge on any atom is -0.351 e. The summed E-state index contributed by atoms with van der Waals surface area (Å²) in [5.74, 6) is 0. The molecular formula is C29H29ClN4S. The predicted molar refractivity (Wildman–Crippen MR) is 149 cm³/mol. The third-order valence-corrected chi connectivity index (χ3v) is 7.33. The van der Waals surface area contributed by atoms with Crippen LogP contribution in [0.5, 0.6) is 0 Å². The highest BCUT2D eigenvalue weighted by atomic mass is 35.5. The molecule has 1 aliphatic heterocycles. The Morgan fingerprint density at radius 1 is 0.914 bits per heavy atom. The van der Waals surface area contributed by atoms with E-state index in [9.17, 15) is 0 Å². The summed E-state index contributed by atoms with van der Waals surface area (Å²) in [7, 11) is 0. The summed E-state index contributed by atoms with van der Waals surface area (Å²) in [6.07, 6.45) is 1.84. The summed E-state index contributed by atoms with van der Waals surface area (Å²) in [5.41, 5.74) is 10.3. The maximum absolute atomic E-state index is 6.40. The zero-order chi connectivity index (χ0) is 24.9. The van der Waals surface area contributed by atoms with E-state index in [0.717, 1.165) is 27.8 Å². The van der Waals surface area contributed by atoms with Gasteiger partial charge in [-0.3, -0.25) is 4.98 Å². The van der Waals surface area contributed by atoms with Crippen molar-refractivity contribution < 1.29 is 0 Å². The highest BCUT2D eigenvalue weighted by Crippen LogP contribution is 2.44. The molecule has 0 radical (unpaired) electrons. The van der Waals surface area contributed by atoms with Gasteiger partial charge in [-0.05, 0) is 112 Å². The lowest BCUT2D eigenvalue weighted by molar-refractivity contribution is 0.565. The number of halogens is 1. The highest BCUT2D eigenvalue weighted by Gasteiger charge is 2.42. The molecule has 1 N–H and O–H groups in total. The van der Waals surface area contributed by atoms with Gasteiger partial charge in [0.15, 0.2) is 5.11 Å². The van der Waals surface area contributed by atoms with Crippen LogP contribution in [0.2, 0.25) is 5.02 Å². The maximum atomic E-state index is 6.40. The van der Waals surface area contributed by atoms with Crippen molar-refractivity contribution in [2.45, 2.75) is 46.7 Å². The van der Waals surface area contributed by atoms with Crippen LogP contribution in [0.3, 0.4) is 0 Å². The first kappa shape index (κ1) is 23.6. The van der Waals surface area contributed by atoms with E-state index in [-0.39, 0.29) is 12.1 Å². The Labute approximate surface area is 217 Å². The van der Waals surface area contributed by atoms with E-state index in [0.29, 0.717) is 5.11 Å². The molecule has 3 heterocycles. The highest BCUT2D eigenvalue weighted by molar-refractivity contribution is 7.80. The molecule has 0 aliphatic carbocycles. The summed E-state index contributed by atoms with van der Waals surface area (Å²) in [5, 5.41) is 5.02. The first-order valence-electron chi connectivity index (χ1n) is 11.8. The molecule has 0 bridgehead atoms. The van der Waals surface area contributed by atoms with Crippen molar-refractivity contribution in [3.63, 3.8) is 0 Å². The molecule has 2 atom stereocenters. The summed E-state index contributed by atoms with van der Waals surface area (Å²) < 4.78 is 2.30. The first-order valence-corrected chi connectivity index (χ1v) is 12.6. The number of hydrogen-bond acceptors (Lipinski definition) is 2. The number of anilines is 1. The van der Waals surface area contributed by atoms with Gasteiger partial charge in [0.25, 0.3) is 0 Å². The van der Waals surface area contributed by atoms with E-state index >= 15 is 0 Å². The molecule has 0 amide bonds. The topological polar surface area (TPSA) is 33.1 Å². The predicted octanol–water partition coefficient (Wildman–Crippen LogP) is 7.24. The second kappa shape index (κ2) is 9.14. The SMILES string of the molecule is Cc1cc(C)cc(N2C(=S)N[C@@H](c3ccccn3)[C@@H]2c2cc(C)n(-c3cc(Cl)ccc3C)c2C)c1. The summed E-state index contributed by atoms with van der Waals surface area (Å²) in [4.78, 5) is 6.96. The van der Waals surface area contributed by atoms with Crippen molar-refractivity contribution in [1.29, 1.82) is 0 Å². The number of thiocarbonyl (C=S) groups is 1. The molecule has 0 spiro atoms. The van der Waals surface area contributed by atoms with Gasteiger partial charge in [-0.2, -0.15) is 0 Å². The number of pyridine rings is 1. The molecule has 1 fully saturated rings. The second-order valence-electron chi connectivity index (χ2n) is 9.44. The second-order valence-corrected chi connectivity index (χ2v) is 10.3. The molecule has 1 aliphatic rings. The Bertz CT molecular complexity index is 1410. The van der Waals surface area contributed by atoms with Gasteiger partial charge in [0.05, 0.1) is 17.8 Å². The largest absolute Gasteiger partial charge is 0.351 e. The number of aromatic nitrogens is 2. The van der Waals surface area contributed by atoms with E-state index in [1.54, 1.807) is 0 Å².